The molecule has 1 aliphatic heterocycles. The third-order valence-corrected chi connectivity index (χ3v) is 3.54. The van der Waals surface area contributed by atoms with Crippen molar-refractivity contribution in [3.8, 4) is 5.75 Å². The Bertz CT molecular complexity index is 598. The zero-order chi connectivity index (χ0) is 13.4. The lowest BCUT2D eigenvalue weighted by Gasteiger charge is -2.34. The monoisotopic (exact) mass is 322 g/mol. The van der Waals surface area contributed by atoms with Gasteiger partial charge in [-0.15, -0.1) is 0 Å². The molecule has 1 unspecified atom stereocenters. The number of halogens is 1. The minimum Gasteiger partial charge on any atom is -0.487 e. The van der Waals surface area contributed by atoms with Gasteiger partial charge in [-0.1, -0.05) is 15.9 Å². The first-order valence-electron chi connectivity index (χ1n) is 6.21. The van der Waals surface area contributed by atoms with E-state index in [4.69, 9.17) is 4.74 Å². The number of rotatable bonds is 2. The van der Waals surface area contributed by atoms with Gasteiger partial charge in [0.25, 0.3) is 0 Å². The van der Waals surface area contributed by atoms with Gasteiger partial charge < -0.3 is 9.64 Å². The summed E-state index contributed by atoms with van der Waals surface area (Å²) >= 11 is 3.47. The zero-order valence-corrected chi connectivity index (χ0v) is 12.4. The quantitative estimate of drug-likeness (QED) is 0.923. The van der Waals surface area contributed by atoms with E-state index in [2.05, 4.69) is 49.0 Å². The lowest BCUT2D eigenvalue weighted by Crippen LogP contribution is -2.38. The molecule has 0 amide bonds. The largest absolute Gasteiger partial charge is 0.487 e. The molecule has 6 heteroatoms. The first kappa shape index (κ1) is 12.5. The van der Waals surface area contributed by atoms with Gasteiger partial charge in [-0.05, 0) is 32.0 Å². The van der Waals surface area contributed by atoms with E-state index in [1.165, 1.54) is 0 Å². The number of nitrogens with zero attached hydrogens (tertiary/aromatic N) is 3. The van der Waals surface area contributed by atoms with Crippen molar-refractivity contribution in [2.24, 2.45) is 0 Å². The van der Waals surface area contributed by atoms with E-state index in [0.29, 0.717) is 6.54 Å². The van der Waals surface area contributed by atoms with Crippen molar-refractivity contribution < 1.29 is 4.74 Å². The fraction of sp³-hybridized carbons (Fsp3) is 0.385. The number of benzene rings is 1. The first-order valence-corrected chi connectivity index (χ1v) is 7.00. The number of aromatic nitrogens is 3. The summed E-state index contributed by atoms with van der Waals surface area (Å²) in [4.78, 5) is 6.61. The molecule has 1 aliphatic rings. The molecule has 0 aliphatic carbocycles. The molecule has 0 bridgehead atoms. The number of anilines is 1. The van der Waals surface area contributed by atoms with Crippen LogP contribution in [0.2, 0.25) is 0 Å². The number of aromatic amines is 1. The summed E-state index contributed by atoms with van der Waals surface area (Å²) in [7, 11) is 0. The molecule has 0 fully saturated rings. The molecule has 19 heavy (non-hydrogen) atoms. The molecule has 2 aromatic rings. The van der Waals surface area contributed by atoms with E-state index >= 15 is 0 Å². The minimum atomic E-state index is 0.154. The van der Waals surface area contributed by atoms with Crippen LogP contribution in [0, 0.1) is 6.92 Å². The van der Waals surface area contributed by atoms with E-state index in [-0.39, 0.29) is 6.10 Å². The molecule has 1 aromatic carbocycles. The van der Waals surface area contributed by atoms with Crippen molar-refractivity contribution in [1.29, 1.82) is 0 Å². The molecular formula is C13H15BrN4O. The topological polar surface area (TPSA) is 54.0 Å². The molecule has 5 nitrogen and oxygen atoms in total. The smallest absolute Gasteiger partial charge is 0.169 e. The Kier molecular flexibility index (Phi) is 3.18. The molecule has 0 saturated heterocycles. The van der Waals surface area contributed by atoms with E-state index in [1.807, 2.05) is 19.1 Å². The Balaban J connectivity index is 1.90. The average Bonchev–Trinajstić information content (AvgIpc) is 2.74. The molecular weight excluding hydrogens is 308 g/mol. The van der Waals surface area contributed by atoms with Crippen LogP contribution in [0.1, 0.15) is 18.6 Å². The summed E-state index contributed by atoms with van der Waals surface area (Å²) in [5.41, 5.74) is 1.09. The highest BCUT2D eigenvalue weighted by Gasteiger charge is 2.24. The van der Waals surface area contributed by atoms with E-state index in [0.717, 1.165) is 34.1 Å². The zero-order valence-electron chi connectivity index (χ0n) is 10.9. The number of nitrogens with one attached hydrogen (secondary N) is 1. The summed E-state index contributed by atoms with van der Waals surface area (Å²) in [6.07, 6.45) is 0.154. The average molecular weight is 323 g/mol. The number of hydrogen-bond donors (Lipinski definition) is 1. The fourth-order valence-corrected chi connectivity index (χ4v) is 2.63. The summed E-state index contributed by atoms with van der Waals surface area (Å²) in [6, 6.07) is 6.08. The van der Waals surface area contributed by atoms with Crippen LogP contribution in [0.3, 0.4) is 0 Å². The number of fused-ring (bicyclic) bond motifs is 1. The molecule has 3 rings (SSSR count). The lowest BCUT2D eigenvalue weighted by molar-refractivity contribution is 0.211. The van der Waals surface area contributed by atoms with Crippen LogP contribution < -0.4 is 9.64 Å². The van der Waals surface area contributed by atoms with Crippen molar-refractivity contribution in [3.63, 3.8) is 0 Å². The second kappa shape index (κ2) is 4.85. The van der Waals surface area contributed by atoms with Gasteiger partial charge in [-0.2, -0.15) is 5.10 Å². The summed E-state index contributed by atoms with van der Waals surface area (Å²) in [6.45, 7) is 5.50. The fourth-order valence-electron chi connectivity index (χ4n) is 2.29. The van der Waals surface area contributed by atoms with Gasteiger partial charge in [0.1, 0.15) is 17.7 Å². The SMILES string of the molecule is Cc1nc(CN2CC(C)Oc3cc(Br)ccc32)n[nH]1. The minimum absolute atomic E-state index is 0.154. The molecule has 100 valence electrons. The summed E-state index contributed by atoms with van der Waals surface area (Å²) < 4.78 is 6.89. The maximum absolute atomic E-state index is 5.87. The molecule has 0 saturated carbocycles. The maximum atomic E-state index is 5.87. The number of hydrogen-bond acceptors (Lipinski definition) is 4. The van der Waals surface area contributed by atoms with Crippen LogP contribution >= 0.6 is 15.9 Å². The lowest BCUT2D eigenvalue weighted by atomic mass is 10.2. The van der Waals surface area contributed by atoms with Crippen LogP contribution in [-0.4, -0.2) is 27.8 Å². The van der Waals surface area contributed by atoms with Gasteiger partial charge in [-0.25, -0.2) is 4.98 Å². The number of H-pyrrole nitrogens is 1. The predicted molar refractivity (Wildman–Crippen MR) is 76.4 cm³/mol. The first-order chi connectivity index (χ1) is 9.11. The Morgan fingerprint density at radius 1 is 1.53 bits per heavy atom. The van der Waals surface area contributed by atoms with Crippen LogP contribution in [-0.2, 0) is 6.54 Å². The Hall–Kier alpha value is -1.56. The van der Waals surface area contributed by atoms with Crippen LogP contribution in [0.15, 0.2) is 22.7 Å². The number of aryl methyl sites for hydroxylation is 1. The van der Waals surface area contributed by atoms with Gasteiger partial charge in [0, 0.05) is 4.47 Å². The highest BCUT2D eigenvalue weighted by molar-refractivity contribution is 9.10. The van der Waals surface area contributed by atoms with Crippen molar-refractivity contribution >= 4 is 21.6 Å². The number of ether oxygens (including phenoxy) is 1. The predicted octanol–water partition coefficient (Wildman–Crippen LogP) is 2.66. The van der Waals surface area contributed by atoms with Gasteiger partial charge in [-0.3, -0.25) is 5.10 Å². The summed E-state index contributed by atoms with van der Waals surface area (Å²) in [5, 5.41) is 7.07. The second-order valence-corrected chi connectivity index (χ2v) is 5.67. The summed E-state index contributed by atoms with van der Waals surface area (Å²) in [5.74, 6) is 2.55. The van der Waals surface area contributed by atoms with Crippen molar-refractivity contribution in [2.75, 3.05) is 11.4 Å². The highest BCUT2D eigenvalue weighted by Crippen LogP contribution is 2.36. The van der Waals surface area contributed by atoms with E-state index in [1.54, 1.807) is 0 Å². The van der Waals surface area contributed by atoms with Crippen molar-refractivity contribution in [1.82, 2.24) is 15.2 Å². The van der Waals surface area contributed by atoms with E-state index < -0.39 is 0 Å². The molecule has 1 N–H and O–H groups in total. The Morgan fingerprint density at radius 2 is 2.37 bits per heavy atom. The Labute approximate surface area is 120 Å². The highest BCUT2D eigenvalue weighted by atomic mass is 79.9. The van der Waals surface area contributed by atoms with Crippen LogP contribution in [0.4, 0.5) is 5.69 Å². The molecule has 1 atom stereocenters. The van der Waals surface area contributed by atoms with Crippen molar-refractivity contribution in [3.05, 3.63) is 34.3 Å². The third kappa shape index (κ3) is 2.58. The maximum Gasteiger partial charge on any atom is 0.169 e. The van der Waals surface area contributed by atoms with Crippen LogP contribution in [0.25, 0.3) is 0 Å². The molecule has 0 radical (unpaired) electrons. The van der Waals surface area contributed by atoms with Crippen molar-refractivity contribution in [2.45, 2.75) is 26.5 Å². The van der Waals surface area contributed by atoms with Gasteiger partial charge >= 0.3 is 0 Å². The van der Waals surface area contributed by atoms with E-state index in [9.17, 15) is 0 Å². The van der Waals surface area contributed by atoms with Gasteiger partial charge in [0.05, 0.1) is 18.8 Å². The second-order valence-electron chi connectivity index (χ2n) is 4.76. The Morgan fingerprint density at radius 3 is 3.11 bits per heavy atom. The molecule has 0 spiro atoms. The van der Waals surface area contributed by atoms with Gasteiger partial charge in [0.2, 0.25) is 0 Å². The third-order valence-electron chi connectivity index (χ3n) is 3.04. The molecule has 2 heterocycles. The standard InChI is InChI=1S/C13H15BrN4O/c1-8-6-18(7-13-15-9(2)16-17-13)11-4-3-10(14)5-12(11)19-8/h3-5,8H,6-7H2,1-2H3,(H,15,16,17). The van der Waals surface area contributed by atoms with Gasteiger partial charge in [0.15, 0.2) is 5.82 Å². The normalized spacial score (nSPS) is 18.1. The molecule has 1 aromatic heterocycles. The van der Waals surface area contributed by atoms with Crippen LogP contribution in [0.5, 0.6) is 5.75 Å².